The molecule has 1 aliphatic rings. The molecule has 1 fully saturated rings. The van der Waals surface area contributed by atoms with Gasteiger partial charge in [0.25, 0.3) is 10.0 Å². The number of amides is 1. The highest BCUT2D eigenvalue weighted by atomic mass is 32.2. The SMILES string of the molecule is CCc1ccc(N(CC(=O)NCCOc2ccc(S(=O)(=O)N3CCCCC3)cc2)S(=O)(=O)c2ccccc2)cc1. The van der Waals surface area contributed by atoms with Crippen molar-refractivity contribution >= 4 is 31.6 Å². The molecular weight excluding hydrogens is 550 g/mol. The normalized spacial score (nSPS) is 14.4. The van der Waals surface area contributed by atoms with Crippen molar-refractivity contribution in [3.05, 3.63) is 84.4 Å². The topological polar surface area (TPSA) is 113 Å². The van der Waals surface area contributed by atoms with E-state index in [0.29, 0.717) is 24.5 Å². The van der Waals surface area contributed by atoms with Gasteiger partial charge in [0.15, 0.2) is 0 Å². The molecule has 9 nitrogen and oxygen atoms in total. The Labute approximate surface area is 236 Å². The van der Waals surface area contributed by atoms with Crippen LogP contribution in [0, 0.1) is 0 Å². The molecule has 4 rings (SSSR count). The molecule has 0 atom stereocenters. The summed E-state index contributed by atoms with van der Waals surface area (Å²) in [5.41, 5.74) is 1.45. The highest BCUT2D eigenvalue weighted by molar-refractivity contribution is 7.92. The molecule has 3 aromatic carbocycles. The molecule has 1 heterocycles. The summed E-state index contributed by atoms with van der Waals surface area (Å²) in [6.45, 7) is 2.95. The number of rotatable bonds is 12. The molecular formula is C29H35N3O6S2. The first-order valence-electron chi connectivity index (χ1n) is 13.4. The van der Waals surface area contributed by atoms with E-state index in [0.717, 1.165) is 35.6 Å². The summed E-state index contributed by atoms with van der Waals surface area (Å²) in [4.78, 5) is 13.1. The summed E-state index contributed by atoms with van der Waals surface area (Å²) in [5, 5.41) is 2.71. The quantitative estimate of drug-likeness (QED) is 0.324. The van der Waals surface area contributed by atoms with Crippen LogP contribution >= 0.6 is 0 Å². The minimum absolute atomic E-state index is 0.0939. The predicted octanol–water partition coefficient (Wildman–Crippen LogP) is 3.81. The number of carbonyl (C=O) groups excluding carboxylic acids is 1. The number of piperidine rings is 1. The Balaban J connectivity index is 1.34. The highest BCUT2D eigenvalue weighted by Gasteiger charge is 2.27. The van der Waals surface area contributed by atoms with Crippen molar-refractivity contribution in [2.24, 2.45) is 0 Å². The van der Waals surface area contributed by atoms with Crippen molar-refractivity contribution in [3.8, 4) is 5.75 Å². The maximum absolute atomic E-state index is 13.4. The van der Waals surface area contributed by atoms with Crippen LogP contribution in [0.2, 0.25) is 0 Å². The highest BCUT2D eigenvalue weighted by Crippen LogP contribution is 2.25. The summed E-state index contributed by atoms with van der Waals surface area (Å²) >= 11 is 0. The van der Waals surface area contributed by atoms with Crippen molar-refractivity contribution < 1.29 is 26.4 Å². The van der Waals surface area contributed by atoms with Gasteiger partial charge in [-0.1, -0.05) is 43.7 Å². The third-order valence-corrected chi connectivity index (χ3v) is 10.4. The van der Waals surface area contributed by atoms with Gasteiger partial charge in [-0.25, -0.2) is 16.8 Å². The lowest BCUT2D eigenvalue weighted by atomic mass is 10.1. The van der Waals surface area contributed by atoms with Crippen LogP contribution in [0.5, 0.6) is 5.75 Å². The lowest BCUT2D eigenvalue weighted by Gasteiger charge is -2.25. The van der Waals surface area contributed by atoms with Crippen molar-refractivity contribution in [2.45, 2.75) is 42.4 Å². The van der Waals surface area contributed by atoms with Gasteiger partial charge in [0.2, 0.25) is 15.9 Å². The van der Waals surface area contributed by atoms with Crippen LogP contribution in [0.15, 0.2) is 88.7 Å². The van der Waals surface area contributed by atoms with Gasteiger partial charge in [0.1, 0.15) is 18.9 Å². The molecule has 1 N–H and O–H groups in total. The van der Waals surface area contributed by atoms with E-state index >= 15 is 0 Å². The number of anilines is 1. The first-order valence-corrected chi connectivity index (χ1v) is 16.3. The maximum atomic E-state index is 13.4. The lowest BCUT2D eigenvalue weighted by Crippen LogP contribution is -2.41. The minimum Gasteiger partial charge on any atom is -0.492 e. The molecule has 0 bridgehead atoms. The van der Waals surface area contributed by atoms with E-state index in [1.54, 1.807) is 42.5 Å². The zero-order valence-electron chi connectivity index (χ0n) is 22.5. The average Bonchev–Trinajstić information content (AvgIpc) is 2.99. The molecule has 0 aliphatic carbocycles. The van der Waals surface area contributed by atoms with Gasteiger partial charge in [-0.2, -0.15) is 4.31 Å². The van der Waals surface area contributed by atoms with Crippen molar-refractivity contribution in [1.82, 2.24) is 9.62 Å². The van der Waals surface area contributed by atoms with E-state index in [4.69, 9.17) is 4.74 Å². The largest absolute Gasteiger partial charge is 0.492 e. The first kappa shape index (κ1) is 29.6. The van der Waals surface area contributed by atoms with E-state index in [-0.39, 0.29) is 22.9 Å². The molecule has 0 unspecified atom stereocenters. The molecule has 214 valence electrons. The summed E-state index contributed by atoms with van der Waals surface area (Å²) in [7, 11) is -7.50. The smallest absolute Gasteiger partial charge is 0.264 e. The number of sulfonamides is 2. The number of nitrogens with one attached hydrogen (secondary N) is 1. The summed E-state index contributed by atoms with van der Waals surface area (Å²) in [6.07, 6.45) is 3.59. The van der Waals surface area contributed by atoms with Crippen molar-refractivity contribution in [1.29, 1.82) is 0 Å². The monoisotopic (exact) mass is 585 g/mol. The second-order valence-corrected chi connectivity index (χ2v) is 13.3. The summed E-state index contributed by atoms with van der Waals surface area (Å²) in [6, 6.07) is 21.3. The third-order valence-electron chi connectivity index (χ3n) is 6.72. The van der Waals surface area contributed by atoms with E-state index in [9.17, 15) is 21.6 Å². The Morgan fingerprint density at radius 2 is 1.50 bits per heavy atom. The van der Waals surface area contributed by atoms with Crippen LogP contribution in [0.3, 0.4) is 0 Å². The van der Waals surface area contributed by atoms with Gasteiger partial charge in [0.05, 0.1) is 22.0 Å². The molecule has 1 amide bonds. The van der Waals surface area contributed by atoms with E-state index < -0.39 is 32.5 Å². The number of hydrogen-bond donors (Lipinski definition) is 1. The van der Waals surface area contributed by atoms with Gasteiger partial charge in [0, 0.05) is 13.1 Å². The predicted molar refractivity (Wildman–Crippen MR) is 154 cm³/mol. The van der Waals surface area contributed by atoms with Crippen LogP contribution in [-0.4, -0.2) is 59.8 Å². The number of benzene rings is 3. The number of ether oxygens (including phenoxy) is 1. The molecule has 40 heavy (non-hydrogen) atoms. The molecule has 0 spiro atoms. The van der Waals surface area contributed by atoms with Crippen molar-refractivity contribution in [2.75, 3.05) is 37.1 Å². The Morgan fingerprint density at radius 1 is 0.850 bits per heavy atom. The molecule has 0 aromatic heterocycles. The van der Waals surface area contributed by atoms with E-state index in [1.807, 2.05) is 19.1 Å². The molecule has 1 saturated heterocycles. The van der Waals surface area contributed by atoms with Gasteiger partial charge >= 0.3 is 0 Å². The van der Waals surface area contributed by atoms with Gasteiger partial charge < -0.3 is 10.1 Å². The standard InChI is InChI=1S/C29H35N3O6S2/c1-2-24-11-13-25(14-12-24)32(40(36,37)27-9-5-3-6-10-27)23-29(33)30-19-22-38-26-15-17-28(18-16-26)39(34,35)31-20-7-4-8-21-31/h3,5-6,9-18H,2,4,7-8,19-23H2,1H3,(H,30,33). The minimum atomic E-state index is -3.98. The van der Waals surface area contributed by atoms with Crippen LogP contribution in [0.25, 0.3) is 0 Å². The number of nitrogens with zero attached hydrogens (tertiary/aromatic N) is 2. The molecule has 0 radical (unpaired) electrons. The molecule has 0 saturated carbocycles. The Kier molecular flexibility index (Phi) is 9.83. The maximum Gasteiger partial charge on any atom is 0.264 e. The van der Waals surface area contributed by atoms with Gasteiger partial charge in [-0.05, 0) is 73.4 Å². The van der Waals surface area contributed by atoms with E-state index in [1.165, 1.54) is 28.6 Å². The third kappa shape index (κ3) is 7.21. The Morgan fingerprint density at radius 3 is 2.12 bits per heavy atom. The molecule has 11 heteroatoms. The first-order chi connectivity index (χ1) is 19.2. The van der Waals surface area contributed by atoms with Crippen LogP contribution in [0.1, 0.15) is 31.7 Å². The number of hydrogen-bond acceptors (Lipinski definition) is 6. The van der Waals surface area contributed by atoms with Crippen molar-refractivity contribution in [3.63, 3.8) is 0 Å². The fourth-order valence-electron chi connectivity index (χ4n) is 4.44. The second kappa shape index (κ2) is 13.3. The summed E-state index contributed by atoms with van der Waals surface area (Å²) < 4.78 is 60.7. The lowest BCUT2D eigenvalue weighted by molar-refractivity contribution is -0.119. The number of aryl methyl sites for hydroxylation is 1. The average molecular weight is 586 g/mol. The Hall–Kier alpha value is -3.41. The van der Waals surface area contributed by atoms with Crippen LogP contribution in [-0.2, 0) is 31.3 Å². The zero-order valence-corrected chi connectivity index (χ0v) is 24.2. The second-order valence-electron chi connectivity index (χ2n) is 9.48. The van der Waals surface area contributed by atoms with Gasteiger partial charge in [-0.15, -0.1) is 0 Å². The van der Waals surface area contributed by atoms with Gasteiger partial charge in [-0.3, -0.25) is 9.10 Å². The fraction of sp³-hybridized carbons (Fsp3) is 0.345. The molecule has 3 aromatic rings. The Bertz CT molecular complexity index is 1470. The van der Waals surface area contributed by atoms with E-state index in [2.05, 4.69) is 5.32 Å². The fourth-order valence-corrected chi connectivity index (χ4v) is 7.40. The number of carbonyl (C=O) groups is 1. The zero-order chi connectivity index (χ0) is 28.6. The van der Waals surface area contributed by atoms with Crippen LogP contribution < -0.4 is 14.4 Å². The van der Waals surface area contributed by atoms with Crippen LogP contribution in [0.4, 0.5) is 5.69 Å². The summed E-state index contributed by atoms with van der Waals surface area (Å²) in [5.74, 6) is -0.0122. The molecule has 1 aliphatic heterocycles.